The van der Waals surface area contributed by atoms with Gasteiger partial charge in [-0.25, -0.2) is 0 Å². The third-order valence-corrected chi connectivity index (χ3v) is 1.56. The van der Waals surface area contributed by atoms with Crippen molar-refractivity contribution in [1.82, 2.24) is 4.98 Å². The first-order chi connectivity index (χ1) is 6.38. The molecule has 0 amide bonds. The highest BCUT2D eigenvalue weighted by atomic mass is 14.7. The predicted octanol–water partition coefficient (Wildman–Crippen LogP) is 2.24. The molecule has 0 N–H and O–H groups in total. The molecule has 1 rings (SSSR count). The number of allylic oxidation sites excluding steroid dienone is 3. The molecule has 0 saturated heterocycles. The summed E-state index contributed by atoms with van der Waals surface area (Å²) in [7, 11) is 1.75. The van der Waals surface area contributed by atoms with E-state index in [1.807, 2.05) is 30.4 Å². The summed E-state index contributed by atoms with van der Waals surface area (Å²) in [5.74, 6) is 0. The van der Waals surface area contributed by atoms with Crippen molar-refractivity contribution in [3.63, 3.8) is 0 Å². The van der Waals surface area contributed by atoms with Crippen LogP contribution in [-0.4, -0.2) is 17.7 Å². The van der Waals surface area contributed by atoms with Crippen LogP contribution in [0.4, 0.5) is 0 Å². The van der Waals surface area contributed by atoms with E-state index in [2.05, 4.69) is 16.6 Å². The topological polar surface area (TPSA) is 25.2 Å². The van der Waals surface area contributed by atoms with Gasteiger partial charge in [0.05, 0.1) is 11.4 Å². The minimum atomic E-state index is 0.862. The molecule has 66 valence electrons. The number of pyridine rings is 1. The standard InChI is InChI=1S/C11H12N2/c1-3-4-7-10(12-2)11-8-5-6-9-13-11/h3-9H,1H2,2H3/b7-4-,12-10?. The Labute approximate surface area is 78.4 Å². The molecular formula is C11H12N2. The van der Waals surface area contributed by atoms with Crippen molar-refractivity contribution in [1.29, 1.82) is 0 Å². The lowest BCUT2D eigenvalue weighted by Crippen LogP contribution is -1.98. The number of rotatable bonds is 3. The highest BCUT2D eigenvalue weighted by Gasteiger charge is 1.96. The Hall–Kier alpha value is -1.70. The molecule has 0 radical (unpaired) electrons. The van der Waals surface area contributed by atoms with Gasteiger partial charge >= 0.3 is 0 Å². The molecule has 0 saturated carbocycles. The average Bonchev–Trinajstić information content (AvgIpc) is 2.21. The maximum Gasteiger partial charge on any atom is 0.0881 e. The van der Waals surface area contributed by atoms with Gasteiger partial charge < -0.3 is 0 Å². The van der Waals surface area contributed by atoms with Crippen molar-refractivity contribution in [2.75, 3.05) is 7.05 Å². The van der Waals surface area contributed by atoms with Gasteiger partial charge in [0.25, 0.3) is 0 Å². The van der Waals surface area contributed by atoms with Crippen LogP contribution in [-0.2, 0) is 0 Å². The summed E-state index contributed by atoms with van der Waals surface area (Å²) in [6.07, 6.45) is 7.20. The first-order valence-corrected chi connectivity index (χ1v) is 4.05. The van der Waals surface area contributed by atoms with Gasteiger partial charge in [-0.15, -0.1) is 0 Å². The molecule has 1 heterocycles. The van der Waals surface area contributed by atoms with Crippen LogP contribution >= 0.6 is 0 Å². The zero-order valence-electron chi connectivity index (χ0n) is 7.64. The van der Waals surface area contributed by atoms with Crippen LogP contribution in [0.5, 0.6) is 0 Å². The largest absolute Gasteiger partial charge is 0.286 e. The van der Waals surface area contributed by atoms with E-state index in [1.165, 1.54) is 0 Å². The van der Waals surface area contributed by atoms with Gasteiger partial charge in [0.1, 0.15) is 0 Å². The molecule has 1 aromatic rings. The lowest BCUT2D eigenvalue weighted by molar-refractivity contribution is 1.28. The van der Waals surface area contributed by atoms with Gasteiger partial charge in [0.2, 0.25) is 0 Å². The number of nitrogens with zero attached hydrogens (tertiary/aromatic N) is 2. The van der Waals surface area contributed by atoms with Crippen LogP contribution in [0.15, 0.2) is 54.2 Å². The molecular weight excluding hydrogens is 160 g/mol. The fraction of sp³-hybridized carbons (Fsp3) is 0.0909. The lowest BCUT2D eigenvalue weighted by Gasteiger charge is -1.97. The zero-order valence-corrected chi connectivity index (χ0v) is 7.64. The van der Waals surface area contributed by atoms with E-state index < -0.39 is 0 Å². The van der Waals surface area contributed by atoms with Gasteiger partial charge in [0.15, 0.2) is 0 Å². The molecule has 0 bridgehead atoms. The molecule has 0 atom stereocenters. The van der Waals surface area contributed by atoms with Crippen molar-refractivity contribution in [2.24, 2.45) is 4.99 Å². The van der Waals surface area contributed by atoms with E-state index in [-0.39, 0.29) is 0 Å². The van der Waals surface area contributed by atoms with E-state index in [0.717, 1.165) is 11.4 Å². The Kier molecular flexibility index (Phi) is 3.64. The van der Waals surface area contributed by atoms with E-state index in [1.54, 1.807) is 19.3 Å². The molecule has 2 heteroatoms. The quantitative estimate of drug-likeness (QED) is 0.507. The first-order valence-electron chi connectivity index (χ1n) is 4.05. The van der Waals surface area contributed by atoms with Crippen molar-refractivity contribution in [3.05, 3.63) is 54.9 Å². The summed E-state index contributed by atoms with van der Waals surface area (Å²) in [4.78, 5) is 8.30. The number of aromatic nitrogens is 1. The molecule has 0 spiro atoms. The second-order valence-corrected chi connectivity index (χ2v) is 2.42. The van der Waals surface area contributed by atoms with Crippen molar-refractivity contribution in [3.8, 4) is 0 Å². The van der Waals surface area contributed by atoms with Crippen molar-refractivity contribution < 1.29 is 0 Å². The van der Waals surface area contributed by atoms with Crippen LogP contribution in [0.2, 0.25) is 0 Å². The minimum absolute atomic E-state index is 0.862. The van der Waals surface area contributed by atoms with Gasteiger partial charge in [-0.1, -0.05) is 24.8 Å². The number of aliphatic imine (C=N–C) groups is 1. The third kappa shape index (κ3) is 2.67. The number of hydrogen-bond acceptors (Lipinski definition) is 2. The van der Waals surface area contributed by atoms with Gasteiger partial charge in [-0.3, -0.25) is 9.98 Å². The lowest BCUT2D eigenvalue weighted by atomic mass is 10.2. The molecule has 0 aliphatic carbocycles. The normalized spacial score (nSPS) is 11.9. The highest BCUT2D eigenvalue weighted by molar-refractivity contribution is 6.07. The summed E-state index contributed by atoms with van der Waals surface area (Å²) in [5, 5.41) is 0. The third-order valence-electron chi connectivity index (χ3n) is 1.56. The molecule has 2 nitrogen and oxygen atoms in total. The number of hydrogen-bond donors (Lipinski definition) is 0. The SMILES string of the molecule is C=C/C=C\C(=NC)c1ccccn1. The van der Waals surface area contributed by atoms with Crippen LogP contribution in [0.25, 0.3) is 0 Å². The Bertz CT molecular complexity index is 323. The van der Waals surface area contributed by atoms with Crippen LogP contribution < -0.4 is 0 Å². The van der Waals surface area contributed by atoms with E-state index in [0.29, 0.717) is 0 Å². The summed E-state index contributed by atoms with van der Waals surface area (Å²) in [5.41, 5.74) is 1.74. The fourth-order valence-electron chi connectivity index (χ4n) is 0.948. The Morgan fingerprint density at radius 1 is 1.54 bits per heavy atom. The van der Waals surface area contributed by atoms with Gasteiger partial charge in [-0.05, 0) is 18.2 Å². The summed E-state index contributed by atoms with van der Waals surface area (Å²) in [6, 6.07) is 5.75. The molecule has 0 aliphatic heterocycles. The minimum Gasteiger partial charge on any atom is -0.286 e. The van der Waals surface area contributed by atoms with Crippen molar-refractivity contribution >= 4 is 5.71 Å². The maximum absolute atomic E-state index is 4.19. The summed E-state index contributed by atoms with van der Waals surface area (Å²) in [6.45, 7) is 3.60. The Morgan fingerprint density at radius 3 is 2.92 bits per heavy atom. The summed E-state index contributed by atoms with van der Waals surface area (Å²) >= 11 is 0. The van der Waals surface area contributed by atoms with E-state index in [4.69, 9.17) is 0 Å². The maximum atomic E-state index is 4.19. The molecule has 1 aromatic heterocycles. The zero-order chi connectivity index (χ0) is 9.52. The molecule has 0 fully saturated rings. The van der Waals surface area contributed by atoms with E-state index in [9.17, 15) is 0 Å². The Morgan fingerprint density at radius 2 is 2.38 bits per heavy atom. The second kappa shape index (κ2) is 5.04. The smallest absolute Gasteiger partial charge is 0.0881 e. The monoisotopic (exact) mass is 172 g/mol. The Balaban J connectivity index is 2.92. The predicted molar refractivity (Wildman–Crippen MR) is 56.0 cm³/mol. The van der Waals surface area contributed by atoms with Crippen LogP contribution in [0.3, 0.4) is 0 Å². The average molecular weight is 172 g/mol. The molecule has 0 unspecified atom stereocenters. The van der Waals surface area contributed by atoms with Crippen molar-refractivity contribution in [2.45, 2.75) is 0 Å². The second-order valence-electron chi connectivity index (χ2n) is 2.42. The van der Waals surface area contributed by atoms with Gasteiger partial charge in [-0.2, -0.15) is 0 Å². The highest BCUT2D eigenvalue weighted by Crippen LogP contribution is 1.97. The van der Waals surface area contributed by atoms with Crippen LogP contribution in [0, 0.1) is 0 Å². The molecule has 0 aromatic carbocycles. The summed E-state index contributed by atoms with van der Waals surface area (Å²) < 4.78 is 0. The van der Waals surface area contributed by atoms with Gasteiger partial charge in [0, 0.05) is 13.2 Å². The fourth-order valence-corrected chi connectivity index (χ4v) is 0.948. The van der Waals surface area contributed by atoms with E-state index >= 15 is 0 Å². The molecule has 0 aliphatic rings. The van der Waals surface area contributed by atoms with Crippen LogP contribution in [0.1, 0.15) is 5.69 Å². The molecule has 13 heavy (non-hydrogen) atoms. The first kappa shape index (κ1) is 9.39.